The van der Waals surface area contributed by atoms with Crippen LogP contribution < -0.4 is 10.9 Å². The molecule has 2 heterocycles. The molecule has 1 N–H and O–H groups in total. The van der Waals surface area contributed by atoms with Crippen LogP contribution in [-0.2, 0) is 17.9 Å². The highest BCUT2D eigenvalue weighted by Gasteiger charge is 2.11. The number of hydrogen-bond acceptors (Lipinski definition) is 5. The molecule has 0 unspecified atom stereocenters. The summed E-state index contributed by atoms with van der Waals surface area (Å²) < 4.78 is 3.74. The molecule has 0 radical (unpaired) electrons. The van der Waals surface area contributed by atoms with Gasteiger partial charge in [-0.2, -0.15) is 5.10 Å². The van der Waals surface area contributed by atoms with Crippen molar-refractivity contribution >= 4 is 27.8 Å². The lowest BCUT2D eigenvalue weighted by Crippen LogP contribution is -2.29. The summed E-state index contributed by atoms with van der Waals surface area (Å²) in [6.45, 7) is 0.289. The van der Waals surface area contributed by atoms with Crippen molar-refractivity contribution in [2.24, 2.45) is 0 Å². The molecule has 0 atom stereocenters. The first-order valence-electron chi connectivity index (χ1n) is 9.14. The van der Waals surface area contributed by atoms with Crippen molar-refractivity contribution in [1.29, 1.82) is 0 Å². The summed E-state index contributed by atoms with van der Waals surface area (Å²) in [5.41, 5.74) is 2.16. The van der Waals surface area contributed by atoms with Crippen molar-refractivity contribution in [2.45, 2.75) is 13.1 Å². The summed E-state index contributed by atoms with van der Waals surface area (Å²) >= 11 is 3.40. The van der Waals surface area contributed by atoms with Gasteiger partial charge in [-0.3, -0.25) is 14.9 Å². The number of nitrogens with one attached hydrogen (secondary N) is 1. The van der Waals surface area contributed by atoms with Gasteiger partial charge in [0.25, 0.3) is 5.56 Å². The number of amides is 1. The normalized spacial score (nSPS) is 10.7. The van der Waals surface area contributed by atoms with Crippen molar-refractivity contribution in [1.82, 2.24) is 24.5 Å². The van der Waals surface area contributed by atoms with E-state index in [1.54, 1.807) is 10.7 Å². The van der Waals surface area contributed by atoms with E-state index in [2.05, 4.69) is 36.4 Å². The van der Waals surface area contributed by atoms with Crippen molar-refractivity contribution in [3.05, 3.63) is 93.4 Å². The van der Waals surface area contributed by atoms with Gasteiger partial charge in [0.1, 0.15) is 12.9 Å². The van der Waals surface area contributed by atoms with Crippen molar-refractivity contribution in [3.63, 3.8) is 0 Å². The Labute approximate surface area is 180 Å². The second kappa shape index (κ2) is 8.83. The molecular weight excluding hydrogens is 448 g/mol. The zero-order chi connectivity index (χ0) is 20.9. The van der Waals surface area contributed by atoms with Crippen LogP contribution >= 0.6 is 15.9 Å². The monoisotopic (exact) mass is 464 g/mol. The molecule has 150 valence electrons. The Morgan fingerprint density at radius 3 is 2.50 bits per heavy atom. The second-order valence-electron chi connectivity index (χ2n) is 6.52. The number of halogens is 1. The average molecular weight is 465 g/mol. The van der Waals surface area contributed by atoms with E-state index in [1.807, 2.05) is 54.6 Å². The first-order valence-corrected chi connectivity index (χ1v) is 9.93. The summed E-state index contributed by atoms with van der Waals surface area (Å²) in [4.78, 5) is 28.6. The highest BCUT2D eigenvalue weighted by atomic mass is 79.9. The summed E-state index contributed by atoms with van der Waals surface area (Å²) in [7, 11) is 0. The van der Waals surface area contributed by atoms with Gasteiger partial charge >= 0.3 is 0 Å². The Morgan fingerprint density at radius 1 is 0.967 bits per heavy atom. The number of benzene rings is 2. The standard InChI is InChI=1S/C21H17BrN6O2/c22-17-8-6-15(7-9-17)12-27-14-23-21(26-27)24-19(29)13-28-20(30)11-10-18(25-28)16-4-2-1-3-5-16/h1-11,14H,12-13H2,(H,24,26,29). The van der Waals surface area contributed by atoms with Crippen LogP contribution in [0.5, 0.6) is 0 Å². The maximum Gasteiger partial charge on any atom is 0.267 e. The molecule has 0 bridgehead atoms. The highest BCUT2D eigenvalue weighted by Crippen LogP contribution is 2.14. The molecule has 0 spiro atoms. The molecule has 8 nitrogen and oxygen atoms in total. The molecule has 4 rings (SSSR count). The van der Waals surface area contributed by atoms with Gasteiger partial charge in [-0.05, 0) is 23.8 Å². The number of anilines is 1. The van der Waals surface area contributed by atoms with Crippen LogP contribution in [-0.4, -0.2) is 30.5 Å². The van der Waals surface area contributed by atoms with Gasteiger partial charge in [0.2, 0.25) is 11.9 Å². The van der Waals surface area contributed by atoms with E-state index in [0.717, 1.165) is 20.3 Å². The third-order valence-corrected chi connectivity index (χ3v) is 4.80. The van der Waals surface area contributed by atoms with Gasteiger partial charge in [0, 0.05) is 16.1 Å². The van der Waals surface area contributed by atoms with Crippen LogP contribution in [0.15, 0.2) is 82.3 Å². The number of hydrogen-bond donors (Lipinski definition) is 1. The minimum absolute atomic E-state index is 0.171. The van der Waals surface area contributed by atoms with Gasteiger partial charge in [0.05, 0.1) is 12.2 Å². The molecule has 9 heteroatoms. The minimum Gasteiger partial charge on any atom is -0.292 e. The van der Waals surface area contributed by atoms with Crippen LogP contribution in [0, 0.1) is 0 Å². The van der Waals surface area contributed by atoms with E-state index in [9.17, 15) is 9.59 Å². The Morgan fingerprint density at radius 2 is 1.73 bits per heavy atom. The Hall–Kier alpha value is -3.59. The van der Waals surface area contributed by atoms with Crippen molar-refractivity contribution < 1.29 is 4.79 Å². The van der Waals surface area contributed by atoms with Crippen LogP contribution in [0.25, 0.3) is 11.3 Å². The first kappa shape index (κ1) is 19.7. The smallest absolute Gasteiger partial charge is 0.267 e. The molecule has 1 amide bonds. The Bertz CT molecular complexity index is 1220. The third kappa shape index (κ3) is 4.87. The lowest BCUT2D eigenvalue weighted by molar-refractivity contribution is -0.117. The second-order valence-corrected chi connectivity index (χ2v) is 7.44. The molecule has 0 saturated carbocycles. The lowest BCUT2D eigenvalue weighted by atomic mass is 10.1. The highest BCUT2D eigenvalue weighted by molar-refractivity contribution is 9.10. The molecule has 0 fully saturated rings. The SMILES string of the molecule is O=C(Cn1nc(-c2ccccc2)ccc1=O)Nc1ncn(Cc2ccc(Br)cc2)n1. The van der Waals surface area contributed by atoms with Crippen LogP contribution in [0.4, 0.5) is 5.95 Å². The zero-order valence-electron chi connectivity index (χ0n) is 15.8. The van der Waals surface area contributed by atoms with Crippen LogP contribution in [0.2, 0.25) is 0 Å². The fraction of sp³-hybridized carbons (Fsp3) is 0.0952. The van der Waals surface area contributed by atoms with Gasteiger partial charge in [-0.1, -0.05) is 58.4 Å². The largest absolute Gasteiger partial charge is 0.292 e. The zero-order valence-corrected chi connectivity index (χ0v) is 17.4. The molecule has 0 aliphatic heterocycles. The molecular formula is C21H17BrN6O2. The molecule has 0 aliphatic rings. The van der Waals surface area contributed by atoms with E-state index in [1.165, 1.54) is 12.4 Å². The number of nitrogens with zero attached hydrogens (tertiary/aromatic N) is 5. The van der Waals surface area contributed by atoms with Gasteiger partial charge in [-0.15, -0.1) is 5.10 Å². The van der Waals surface area contributed by atoms with E-state index in [0.29, 0.717) is 12.2 Å². The van der Waals surface area contributed by atoms with Crippen LogP contribution in [0.3, 0.4) is 0 Å². The Balaban J connectivity index is 1.42. The maximum atomic E-state index is 12.4. The quantitative estimate of drug-likeness (QED) is 0.473. The third-order valence-electron chi connectivity index (χ3n) is 4.28. The van der Waals surface area contributed by atoms with E-state index >= 15 is 0 Å². The molecule has 30 heavy (non-hydrogen) atoms. The number of rotatable bonds is 6. The van der Waals surface area contributed by atoms with Gasteiger partial charge in [-0.25, -0.2) is 14.3 Å². The van der Waals surface area contributed by atoms with E-state index < -0.39 is 5.91 Å². The summed E-state index contributed by atoms with van der Waals surface area (Å²) in [5, 5.41) is 11.1. The number of carbonyl (C=O) groups is 1. The lowest BCUT2D eigenvalue weighted by Gasteiger charge is -2.07. The number of aromatic nitrogens is 5. The molecule has 0 aliphatic carbocycles. The maximum absolute atomic E-state index is 12.4. The van der Waals surface area contributed by atoms with E-state index in [-0.39, 0.29) is 18.1 Å². The first-order chi connectivity index (χ1) is 14.6. The fourth-order valence-electron chi connectivity index (χ4n) is 2.83. The predicted molar refractivity (Wildman–Crippen MR) is 116 cm³/mol. The van der Waals surface area contributed by atoms with Gasteiger partial charge in [0.15, 0.2) is 0 Å². The Kier molecular flexibility index (Phi) is 5.80. The molecule has 4 aromatic rings. The van der Waals surface area contributed by atoms with Crippen molar-refractivity contribution in [3.8, 4) is 11.3 Å². The minimum atomic E-state index is -0.434. The topological polar surface area (TPSA) is 94.7 Å². The number of carbonyl (C=O) groups excluding carboxylic acids is 1. The molecule has 2 aromatic carbocycles. The predicted octanol–water partition coefficient (Wildman–Crippen LogP) is 2.95. The average Bonchev–Trinajstić information content (AvgIpc) is 3.18. The molecule has 0 saturated heterocycles. The summed E-state index contributed by atoms with van der Waals surface area (Å²) in [5.74, 6) is -0.263. The van der Waals surface area contributed by atoms with Crippen LogP contribution in [0.1, 0.15) is 5.56 Å². The van der Waals surface area contributed by atoms with Crippen molar-refractivity contribution in [2.75, 3.05) is 5.32 Å². The molecule has 2 aromatic heterocycles. The summed E-state index contributed by atoms with van der Waals surface area (Å²) in [6.07, 6.45) is 1.54. The van der Waals surface area contributed by atoms with E-state index in [4.69, 9.17) is 0 Å². The fourth-order valence-corrected chi connectivity index (χ4v) is 3.09. The summed E-state index contributed by atoms with van der Waals surface area (Å²) in [6, 6.07) is 20.3. The van der Waals surface area contributed by atoms with Gasteiger partial charge < -0.3 is 0 Å².